The number of methoxy groups -OCH3 is 1. The average Bonchev–Trinajstić information content (AvgIpc) is 2.25. The van der Waals surface area contributed by atoms with Gasteiger partial charge in [-0.1, -0.05) is 30.3 Å². The summed E-state index contributed by atoms with van der Waals surface area (Å²) in [5.41, 5.74) is 0. The van der Waals surface area contributed by atoms with E-state index in [-0.39, 0.29) is 5.75 Å². The van der Waals surface area contributed by atoms with E-state index < -0.39 is 0 Å². The van der Waals surface area contributed by atoms with Crippen LogP contribution in [0.3, 0.4) is 0 Å². The fourth-order valence-electron chi connectivity index (χ4n) is 1.22. The molecule has 0 aliphatic carbocycles. The third-order valence-corrected chi connectivity index (χ3v) is 2.68. The molecule has 2 aromatic carbocycles. The largest absolute Gasteiger partial charge is 0.507 e. The van der Waals surface area contributed by atoms with Crippen LogP contribution in [-0.2, 0) is 4.74 Å². The van der Waals surface area contributed by atoms with Crippen molar-refractivity contribution in [3.8, 4) is 5.75 Å². The van der Waals surface area contributed by atoms with E-state index >= 15 is 0 Å². The normalized spacial score (nSPS) is 9.53. The third kappa shape index (κ3) is 2.94. The van der Waals surface area contributed by atoms with Gasteiger partial charge in [0.25, 0.3) is 0 Å². The molecule has 0 aliphatic rings. The second-order valence-corrected chi connectivity index (χ2v) is 3.82. The molecule has 0 bridgehead atoms. The summed E-state index contributed by atoms with van der Waals surface area (Å²) in [4.78, 5) is 0. The van der Waals surface area contributed by atoms with Gasteiger partial charge in [-0.2, -0.15) is 0 Å². The quantitative estimate of drug-likeness (QED) is 0.792. The fraction of sp³-hybridized carbons (Fsp3) is 0.167. The summed E-state index contributed by atoms with van der Waals surface area (Å²) >= 11 is 3.33. The van der Waals surface area contributed by atoms with E-state index in [2.05, 4.69) is 20.7 Å². The minimum atomic E-state index is 0.286. The SMILES string of the molecule is COC.Oc1ccc2ccccc2c1Br. The van der Waals surface area contributed by atoms with Crippen LogP contribution in [0.25, 0.3) is 10.8 Å². The van der Waals surface area contributed by atoms with E-state index in [4.69, 9.17) is 0 Å². The molecule has 0 radical (unpaired) electrons. The number of fused-ring (bicyclic) bond motifs is 1. The molecule has 0 saturated carbocycles. The van der Waals surface area contributed by atoms with E-state index in [1.54, 1.807) is 20.3 Å². The van der Waals surface area contributed by atoms with Crippen molar-refractivity contribution < 1.29 is 9.84 Å². The molecule has 0 saturated heterocycles. The Labute approximate surface area is 97.6 Å². The van der Waals surface area contributed by atoms with Crippen molar-refractivity contribution in [1.29, 1.82) is 0 Å². The smallest absolute Gasteiger partial charge is 0.130 e. The summed E-state index contributed by atoms with van der Waals surface area (Å²) in [6.45, 7) is 0. The molecular formula is C12H13BrO2. The van der Waals surface area contributed by atoms with Gasteiger partial charge in [-0.3, -0.25) is 0 Å². The van der Waals surface area contributed by atoms with Gasteiger partial charge in [0, 0.05) is 14.2 Å². The first kappa shape index (κ1) is 12.0. The van der Waals surface area contributed by atoms with Crippen molar-refractivity contribution in [2.75, 3.05) is 14.2 Å². The number of phenols is 1. The molecule has 0 aliphatic heterocycles. The van der Waals surface area contributed by atoms with Crippen molar-refractivity contribution in [2.45, 2.75) is 0 Å². The van der Waals surface area contributed by atoms with Crippen molar-refractivity contribution in [3.05, 3.63) is 40.9 Å². The maximum Gasteiger partial charge on any atom is 0.130 e. The van der Waals surface area contributed by atoms with Crippen LogP contribution in [0.15, 0.2) is 40.9 Å². The predicted molar refractivity (Wildman–Crippen MR) is 66.2 cm³/mol. The first-order valence-electron chi connectivity index (χ1n) is 4.47. The third-order valence-electron chi connectivity index (χ3n) is 1.84. The monoisotopic (exact) mass is 268 g/mol. The zero-order chi connectivity index (χ0) is 11.3. The fourth-order valence-corrected chi connectivity index (χ4v) is 1.72. The summed E-state index contributed by atoms with van der Waals surface area (Å²) < 4.78 is 5.01. The summed E-state index contributed by atoms with van der Waals surface area (Å²) in [6, 6.07) is 11.5. The molecule has 1 N–H and O–H groups in total. The Bertz CT molecular complexity index is 441. The van der Waals surface area contributed by atoms with Crippen LogP contribution in [0.2, 0.25) is 0 Å². The molecule has 2 aromatic rings. The zero-order valence-corrected chi connectivity index (χ0v) is 10.3. The Morgan fingerprint density at radius 2 is 1.67 bits per heavy atom. The number of ether oxygens (including phenoxy) is 1. The van der Waals surface area contributed by atoms with Crippen LogP contribution >= 0.6 is 15.9 Å². The van der Waals surface area contributed by atoms with Crippen LogP contribution in [-0.4, -0.2) is 19.3 Å². The number of phenolic OH excluding ortho intramolecular Hbond substituents is 1. The Kier molecular flexibility index (Phi) is 4.59. The molecule has 2 nitrogen and oxygen atoms in total. The van der Waals surface area contributed by atoms with Crippen molar-refractivity contribution in [1.82, 2.24) is 0 Å². The van der Waals surface area contributed by atoms with Crippen LogP contribution in [0, 0.1) is 0 Å². The molecule has 0 spiro atoms. The lowest BCUT2D eigenvalue weighted by molar-refractivity contribution is 0.277. The van der Waals surface area contributed by atoms with Gasteiger partial charge in [0.2, 0.25) is 0 Å². The van der Waals surface area contributed by atoms with Crippen LogP contribution in [0.5, 0.6) is 5.75 Å². The second kappa shape index (κ2) is 5.73. The number of rotatable bonds is 0. The molecule has 0 fully saturated rings. The first-order chi connectivity index (χ1) is 7.20. The molecule has 0 atom stereocenters. The van der Waals surface area contributed by atoms with Crippen LogP contribution < -0.4 is 0 Å². The topological polar surface area (TPSA) is 29.5 Å². The van der Waals surface area contributed by atoms with Gasteiger partial charge >= 0.3 is 0 Å². The summed E-state index contributed by atoms with van der Waals surface area (Å²) in [5, 5.41) is 11.5. The molecule has 0 unspecified atom stereocenters. The maximum atomic E-state index is 9.37. The standard InChI is InChI=1S/C10H7BrO.C2H6O/c11-10-8-4-2-1-3-7(8)5-6-9(10)12;1-3-2/h1-6,12H;1-2H3. The van der Waals surface area contributed by atoms with Gasteiger partial charge in [-0.25, -0.2) is 0 Å². The van der Waals surface area contributed by atoms with Crippen LogP contribution in [0.1, 0.15) is 0 Å². The van der Waals surface area contributed by atoms with Crippen molar-refractivity contribution >= 4 is 26.7 Å². The minimum absolute atomic E-state index is 0.286. The molecule has 80 valence electrons. The Morgan fingerprint density at radius 1 is 1.07 bits per heavy atom. The van der Waals surface area contributed by atoms with E-state index in [1.165, 1.54) is 0 Å². The highest BCUT2D eigenvalue weighted by Crippen LogP contribution is 2.31. The maximum absolute atomic E-state index is 9.37. The number of aromatic hydroxyl groups is 1. The lowest BCUT2D eigenvalue weighted by atomic mass is 10.1. The highest BCUT2D eigenvalue weighted by molar-refractivity contribution is 9.10. The lowest BCUT2D eigenvalue weighted by Gasteiger charge is -2.01. The van der Waals surface area contributed by atoms with Gasteiger partial charge in [0.1, 0.15) is 5.75 Å². The highest BCUT2D eigenvalue weighted by Gasteiger charge is 2.01. The molecule has 15 heavy (non-hydrogen) atoms. The second-order valence-electron chi connectivity index (χ2n) is 3.03. The number of hydrogen-bond donors (Lipinski definition) is 1. The van der Waals surface area contributed by atoms with Gasteiger partial charge in [0.05, 0.1) is 4.47 Å². The minimum Gasteiger partial charge on any atom is -0.507 e. The zero-order valence-electron chi connectivity index (χ0n) is 8.70. The van der Waals surface area contributed by atoms with Crippen LogP contribution in [0.4, 0.5) is 0 Å². The summed E-state index contributed by atoms with van der Waals surface area (Å²) in [5.74, 6) is 0.286. The molecule has 0 heterocycles. The van der Waals surface area contributed by atoms with E-state index in [0.717, 1.165) is 15.2 Å². The Morgan fingerprint density at radius 3 is 2.33 bits per heavy atom. The van der Waals surface area contributed by atoms with Crippen molar-refractivity contribution in [2.24, 2.45) is 0 Å². The van der Waals surface area contributed by atoms with E-state index in [0.29, 0.717) is 0 Å². The molecule has 0 amide bonds. The van der Waals surface area contributed by atoms with Gasteiger partial charge in [-0.15, -0.1) is 0 Å². The molecule has 3 heteroatoms. The summed E-state index contributed by atoms with van der Waals surface area (Å²) in [7, 11) is 3.25. The first-order valence-corrected chi connectivity index (χ1v) is 5.26. The molecule has 0 aromatic heterocycles. The Hall–Kier alpha value is -1.06. The number of hydrogen-bond acceptors (Lipinski definition) is 2. The number of halogens is 1. The molecular weight excluding hydrogens is 256 g/mol. The van der Waals surface area contributed by atoms with Gasteiger partial charge in [0.15, 0.2) is 0 Å². The van der Waals surface area contributed by atoms with Crippen molar-refractivity contribution in [3.63, 3.8) is 0 Å². The average molecular weight is 269 g/mol. The Balaban J connectivity index is 0.000000337. The summed E-state index contributed by atoms with van der Waals surface area (Å²) in [6.07, 6.45) is 0. The highest BCUT2D eigenvalue weighted by atomic mass is 79.9. The van der Waals surface area contributed by atoms with Gasteiger partial charge < -0.3 is 9.84 Å². The lowest BCUT2D eigenvalue weighted by Crippen LogP contribution is -1.74. The van der Waals surface area contributed by atoms with E-state index in [1.807, 2.05) is 30.3 Å². The predicted octanol–water partition coefficient (Wildman–Crippen LogP) is 3.57. The molecule has 2 rings (SSSR count). The number of benzene rings is 2. The van der Waals surface area contributed by atoms with Gasteiger partial charge in [-0.05, 0) is 32.8 Å². The van der Waals surface area contributed by atoms with E-state index in [9.17, 15) is 5.11 Å².